The number of carboxylic acids is 1. The van der Waals surface area contributed by atoms with Crippen LogP contribution < -0.4 is 0 Å². The van der Waals surface area contributed by atoms with Crippen LogP contribution in [-0.2, 0) is 9.59 Å². The first-order valence-corrected chi connectivity index (χ1v) is 5.91. The summed E-state index contributed by atoms with van der Waals surface area (Å²) in [7, 11) is 0. The highest BCUT2D eigenvalue weighted by atomic mass is 32.2. The summed E-state index contributed by atoms with van der Waals surface area (Å²) in [6.45, 7) is 1.98. The van der Waals surface area contributed by atoms with Crippen LogP contribution in [0.25, 0.3) is 0 Å². The Bertz CT molecular complexity index is 424. The normalized spacial score (nSPS) is 22.8. The van der Waals surface area contributed by atoms with Gasteiger partial charge in [-0.25, -0.2) is 0 Å². The average Bonchev–Trinajstić information content (AvgIpc) is 3.01. The quantitative estimate of drug-likeness (QED) is 0.818. The zero-order chi connectivity index (χ0) is 11.7. The second-order valence-electron chi connectivity index (χ2n) is 4.02. The van der Waals surface area contributed by atoms with E-state index < -0.39 is 11.9 Å². The highest BCUT2D eigenvalue weighted by molar-refractivity contribution is 8.13. The van der Waals surface area contributed by atoms with Gasteiger partial charge < -0.3 is 5.11 Å². The monoisotopic (exact) mass is 236 g/mol. The fourth-order valence-corrected chi connectivity index (χ4v) is 2.44. The van der Waals surface area contributed by atoms with Crippen molar-refractivity contribution in [3.05, 3.63) is 29.8 Å². The van der Waals surface area contributed by atoms with Gasteiger partial charge in [0.05, 0.1) is 5.92 Å². The van der Waals surface area contributed by atoms with E-state index in [1.807, 2.05) is 31.2 Å². The molecule has 1 aromatic carbocycles. The number of rotatable bonds is 3. The molecule has 0 spiro atoms. The summed E-state index contributed by atoms with van der Waals surface area (Å²) in [6.07, 6.45) is 0.493. The number of benzene rings is 1. The lowest BCUT2D eigenvalue weighted by molar-refractivity contribution is -0.139. The highest BCUT2D eigenvalue weighted by Gasteiger charge is 2.48. The van der Waals surface area contributed by atoms with Crippen LogP contribution in [0.2, 0.25) is 0 Å². The third-order valence-electron chi connectivity index (χ3n) is 2.65. The first-order valence-electron chi connectivity index (χ1n) is 5.09. The molecule has 1 aliphatic rings. The van der Waals surface area contributed by atoms with Crippen LogP contribution in [0.1, 0.15) is 12.0 Å². The SMILES string of the molecule is Cc1ccc(SC(=O)C2CC2C(=O)O)cc1. The van der Waals surface area contributed by atoms with Crippen molar-refractivity contribution in [3.63, 3.8) is 0 Å². The van der Waals surface area contributed by atoms with E-state index in [9.17, 15) is 9.59 Å². The molecule has 1 fully saturated rings. The Hall–Kier alpha value is -1.29. The van der Waals surface area contributed by atoms with Gasteiger partial charge in [0, 0.05) is 10.8 Å². The minimum absolute atomic E-state index is 0.0312. The zero-order valence-corrected chi connectivity index (χ0v) is 9.66. The molecule has 0 saturated heterocycles. The lowest BCUT2D eigenvalue weighted by Gasteiger charge is -1.99. The van der Waals surface area contributed by atoms with Gasteiger partial charge in [0.1, 0.15) is 0 Å². The average molecular weight is 236 g/mol. The summed E-state index contributed by atoms with van der Waals surface area (Å²) in [6, 6.07) is 7.65. The molecule has 2 unspecified atom stereocenters. The van der Waals surface area contributed by atoms with Crippen molar-refractivity contribution in [1.29, 1.82) is 0 Å². The van der Waals surface area contributed by atoms with Gasteiger partial charge in [0.2, 0.25) is 0 Å². The Labute approximate surface area is 97.9 Å². The van der Waals surface area contributed by atoms with Gasteiger partial charge in [-0.05, 0) is 25.5 Å². The van der Waals surface area contributed by atoms with Crippen LogP contribution in [0.3, 0.4) is 0 Å². The molecule has 4 heteroatoms. The lowest BCUT2D eigenvalue weighted by atomic mass is 10.2. The first-order chi connectivity index (χ1) is 7.58. The second kappa shape index (κ2) is 4.29. The van der Waals surface area contributed by atoms with Gasteiger partial charge in [0.25, 0.3) is 0 Å². The van der Waals surface area contributed by atoms with Crippen molar-refractivity contribution < 1.29 is 14.7 Å². The molecule has 1 aromatic rings. The number of hydrogen-bond acceptors (Lipinski definition) is 3. The molecule has 0 aromatic heterocycles. The van der Waals surface area contributed by atoms with Crippen LogP contribution in [0, 0.1) is 18.8 Å². The molecular weight excluding hydrogens is 224 g/mol. The largest absolute Gasteiger partial charge is 0.481 e. The van der Waals surface area contributed by atoms with Crippen molar-refractivity contribution in [3.8, 4) is 0 Å². The molecule has 0 radical (unpaired) electrons. The lowest BCUT2D eigenvalue weighted by Crippen LogP contribution is -2.04. The molecule has 84 valence electrons. The number of carbonyl (C=O) groups is 2. The fourth-order valence-electron chi connectivity index (χ4n) is 1.53. The molecule has 16 heavy (non-hydrogen) atoms. The molecule has 0 bridgehead atoms. The van der Waals surface area contributed by atoms with Gasteiger partial charge in [0.15, 0.2) is 5.12 Å². The molecule has 0 aliphatic heterocycles. The topological polar surface area (TPSA) is 54.4 Å². The molecular formula is C12H12O3S. The Morgan fingerprint density at radius 2 is 1.88 bits per heavy atom. The van der Waals surface area contributed by atoms with E-state index in [0.717, 1.165) is 22.2 Å². The van der Waals surface area contributed by atoms with E-state index in [2.05, 4.69) is 0 Å². The number of aliphatic carboxylic acids is 1. The number of carbonyl (C=O) groups excluding carboxylic acids is 1. The standard InChI is InChI=1S/C12H12O3S/c1-7-2-4-8(5-3-7)16-12(15)10-6-9(10)11(13)14/h2-5,9-10H,6H2,1H3,(H,13,14). The van der Waals surface area contributed by atoms with Crippen LogP contribution in [0.15, 0.2) is 29.2 Å². The van der Waals surface area contributed by atoms with E-state index >= 15 is 0 Å². The molecule has 3 nitrogen and oxygen atoms in total. The smallest absolute Gasteiger partial charge is 0.307 e. The predicted octanol–water partition coefficient (Wildman–Crippen LogP) is 2.33. The number of thioether (sulfide) groups is 1. The number of hydrogen-bond donors (Lipinski definition) is 1. The Balaban J connectivity index is 1.94. The molecule has 0 heterocycles. The third kappa shape index (κ3) is 2.44. The Morgan fingerprint density at radius 3 is 2.38 bits per heavy atom. The highest BCUT2D eigenvalue weighted by Crippen LogP contribution is 2.43. The zero-order valence-electron chi connectivity index (χ0n) is 8.84. The van der Waals surface area contributed by atoms with E-state index in [4.69, 9.17) is 5.11 Å². The van der Waals surface area contributed by atoms with Gasteiger partial charge in [-0.2, -0.15) is 0 Å². The summed E-state index contributed by atoms with van der Waals surface area (Å²) >= 11 is 1.14. The van der Waals surface area contributed by atoms with E-state index in [1.54, 1.807) is 0 Å². The number of carboxylic acid groups (broad SMARTS) is 1. The first kappa shape index (κ1) is 11.2. The maximum atomic E-state index is 11.7. The van der Waals surface area contributed by atoms with Crippen LogP contribution in [0.4, 0.5) is 0 Å². The van der Waals surface area contributed by atoms with Gasteiger partial charge in [-0.1, -0.05) is 29.5 Å². The second-order valence-corrected chi connectivity index (χ2v) is 5.10. The summed E-state index contributed by atoms with van der Waals surface area (Å²) in [5, 5.41) is 8.68. The Morgan fingerprint density at radius 1 is 1.25 bits per heavy atom. The van der Waals surface area contributed by atoms with E-state index in [0.29, 0.717) is 6.42 Å². The van der Waals surface area contributed by atoms with E-state index in [-0.39, 0.29) is 11.0 Å². The van der Waals surface area contributed by atoms with Crippen molar-refractivity contribution in [1.82, 2.24) is 0 Å². The fraction of sp³-hybridized carbons (Fsp3) is 0.333. The minimum Gasteiger partial charge on any atom is -0.481 e. The van der Waals surface area contributed by atoms with Crippen LogP contribution >= 0.6 is 11.8 Å². The maximum Gasteiger partial charge on any atom is 0.307 e. The third-order valence-corrected chi connectivity index (χ3v) is 3.66. The molecule has 0 amide bonds. The van der Waals surface area contributed by atoms with Crippen molar-refractivity contribution >= 4 is 22.8 Å². The van der Waals surface area contributed by atoms with Crippen molar-refractivity contribution in [2.45, 2.75) is 18.2 Å². The molecule has 2 rings (SSSR count). The molecule has 1 N–H and O–H groups in total. The summed E-state index contributed by atoms with van der Waals surface area (Å²) in [4.78, 5) is 23.2. The van der Waals surface area contributed by atoms with Gasteiger partial charge in [-0.15, -0.1) is 0 Å². The maximum absolute atomic E-state index is 11.7. The van der Waals surface area contributed by atoms with Gasteiger partial charge >= 0.3 is 5.97 Å². The van der Waals surface area contributed by atoms with Crippen LogP contribution in [0.5, 0.6) is 0 Å². The predicted molar refractivity (Wildman–Crippen MR) is 61.3 cm³/mol. The summed E-state index contributed by atoms with van der Waals surface area (Å²) in [5.74, 6) is -1.60. The number of aryl methyl sites for hydroxylation is 1. The molecule has 1 saturated carbocycles. The van der Waals surface area contributed by atoms with E-state index in [1.165, 1.54) is 0 Å². The molecule has 2 atom stereocenters. The minimum atomic E-state index is -0.858. The van der Waals surface area contributed by atoms with Crippen molar-refractivity contribution in [2.24, 2.45) is 11.8 Å². The summed E-state index contributed by atoms with van der Waals surface area (Å²) < 4.78 is 0. The molecule has 1 aliphatic carbocycles. The van der Waals surface area contributed by atoms with Gasteiger partial charge in [-0.3, -0.25) is 9.59 Å². The summed E-state index contributed by atoms with van der Waals surface area (Å²) in [5.41, 5.74) is 1.15. The van der Waals surface area contributed by atoms with Crippen LogP contribution in [-0.4, -0.2) is 16.2 Å². The van der Waals surface area contributed by atoms with Crippen molar-refractivity contribution in [2.75, 3.05) is 0 Å². The Kier molecular flexibility index (Phi) is 3.01.